The maximum Gasteiger partial charge on any atom is 0.441 e. The van der Waals surface area contributed by atoms with Crippen LogP contribution in [0.1, 0.15) is 27.2 Å². The van der Waals surface area contributed by atoms with E-state index in [2.05, 4.69) is 0 Å². The minimum absolute atomic E-state index is 0.0130. The van der Waals surface area contributed by atoms with Crippen molar-refractivity contribution in [1.82, 2.24) is 0 Å². The zero-order valence-corrected chi connectivity index (χ0v) is 9.63. The Bertz CT molecular complexity index is 162. The fourth-order valence-electron chi connectivity index (χ4n) is 1.22. The molecule has 0 aliphatic carbocycles. The summed E-state index contributed by atoms with van der Waals surface area (Å²) in [5.74, 6) is 0.250. The molecule has 0 aliphatic rings. The Hall–Kier alpha value is 0.100. The van der Waals surface area contributed by atoms with Gasteiger partial charge in [0.1, 0.15) is 0 Å². The highest BCUT2D eigenvalue weighted by molar-refractivity contribution is 8.00. The van der Waals surface area contributed by atoms with Gasteiger partial charge < -0.3 is 5.73 Å². The molecule has 2 N–H and O–H groups in total. The van der Waals surface area contributed by atoms with Crippen molar-refractivity contribution in [2.24, 2.45) is 17.1 Å². The fourth-order valence-corrected chi connectivity index (χ4v) is 1.86. The van der Waals surface area contributed by atoms with Crippen LogP contribution in [0.3, 0.4) is 0 Å². The molecule has 5 heteroatoms. The molecule has 0 fully saturated rings. The van der Waals surface area contributed by atoms with E-state index in [4.69, 9.17) is 5.73 Å². The molecule has 1 nitrogen and oxygen atoms in total. The lowest BCUT2D eigenvalue weighted by Crippen LogP contribution is -2.28. The lowest BCUT2D eigenvalue weighted by atomic mass is 9.79. The first-order chi connectivity index (χ1) is 6.17. The van der Waals surface area contributed by atoms with Crippen LogP contribution in [0.2, 0.25) is 0 Å². The molecule has 0 rings (SSSR count). The third kappa shape index (κ3) is 6.54. The summed E-state index contributed by atoms with van der Waals surface area (Å²) in [5, 5.41) is 0. The SMILES string of the molecule is CC(C)(C)C(CN)CCSC(F)(F)F. The van der Waals surface area contributed by atoms with Gasteiger partial charge in [0, 0.05) is 5.75 Å². The number of alkyl halides is 3. The van der Waals surface area contributed by atoms with Gasteiger partial charge in [-0.05, 0) is 24.3 Å². The Balaban J connectivity index is 3.87. The van der Waals surface area contributed by atoms with Crippen LogP contribution in [0.15, 0.2) is 0 Å². The van der Waals surface area contributed by atoms with E-state index in [1.807, 2.05) is 20.8 Å². The van der Waals surface area contributed by atoms with Crippen LogP contribution in [-0.4, -0.2) is 17.8 Å². The second-order valence-electron chi connectivity index (χ2n) is 4.38. The maximum absolute atomic E-state index is 11.8. The van der Waals surface area contributed by atoms with Crippen molar-refractivity contribution in [1.29, 1.82) is 0 Å². The molecule has 1 atom stereocenters. The third-order valence-corrected chi connectivity index (χ3v) is 3.01. The molecule has 0 heterocycles. The van der Waals surface area contributed by atoms with Crippen LogP contribution in [0.5, 0.6) is 0 Å². The molecule has 0 amide bonds. The average molecular weight is 229 g/mol. The lowest BCUT2D eigenvalue weighted by Gasteiger charge is -2.29. The second-order valence-corrected chi connectivity index (χ2v) is 5.54. The van der Waals surface area contributed by atoms with Gasteiger partial charge in [-0.15, -0.1) is 0 Å². The van der Waals surface area contributed by atoms with Crippen LogP contribution < -0.4 is 5.73 Å². The quantitative estimate of drug-likeness (QED) is 0.800. The number of thioether (sulfide) groups is 1. The molecule has 86 valence electrons. The van der Waals surface area contributed by atoms with Crippen molar-refractivity contribution in [3.63, 3.8) is 0 Å². The molecule has 0 bridgehead atoms. The minimum Gasteiger partial charge on any atom is -0.330 e. The van der Waals surface area contributed by atoms with E-state index in [-0.39, 0.29) is 28.8 Å². The Morgan fingerprint density at radius 3 is 2.00 bits per heavy atom. The highest BCUT2D eigenvalue weighted by atomic mass is 32.2. The van der Waals surface area contributed by atoms with Crippen molar-refractivity contribution >= 4 is 11.8 Å². The second kappa shape index (κ2) is 5.26. The molecule has 0 aliphatic heterocycles. The van der Waals surface area contributed by atoms with Crippen molar-refractivity contribution in [2.75, 3.05) is 12.3 Å². The molecule has 0 aromatic heterocycles. The largest absolute Gasteiger partial charge is 0.441 e. The smallest absolute Gasteiger partial charge is 0.330 e. The molecule has 0 spiro atoms. The molecule has 0 saturated carbocycles. The maximum atomic E-state index is 11.8. The molecular formula is C9H18F3NS. The summed E-state index contributed by atoms with van der Waals surface area (Å²) in [7, 11) is 0. The average Bonchev–Trinajstić information content (AvgIpc) is 1.93. The van der Waals surface area contributed by atoms with Gasteiger partial charge >= 0.3 is 5.51 Å². The highest BCUT2D eigenvalue weighted by Crippen LogP contribution is 2.34. The first-order valence-electron chi connectivity index (χ1n) is 4.57. The van der Waals surface area contributed by atoms with Gasteiger partial charge in [-0.1, -0.05) is 32.5 Å². The summed E-state index contributed by atoms with van der Waals surface area (Å²) in [6.45, 7) is 6.45. The summed E-state index contributed by atoms with van der Waals surface area (Å²) in [6.07, 6.45) is 0.518. The Labute approximate surface area is 87.6 Å². The Morgan fingerprint density at radius 2 is 1.71 bits per heavy atom. The number of hydrogen-bond acceptors (Lipinski definition) is 2. The standard InChI is InChI=1S/C9H18F3NS/c1-8(2,3)7(6-13)4-5-14-9(10,11)12/h7H,4-6,13H2,1-3H3. The first-order valence-corrected chi connectivity index (χ1v) is 5.56. The molecule has 0 radical (unpaired) electrons. The van der Waals surface area contributed by atoms with Crippen molar-refractivity contribution < 1.29 is 13.2 Å². The summed E-state index contributed by atoms with van der Waals surface area (Å²) >= 11 is 0.0378. The number of rotatable bonds is 4. The summed E-state index contributed by atoms with van der Waals surface area (Å²) in [6, 6.07) is 0. The van der Waals surface area contributed by atoms with Crippen molar-refractivity contribution in [3.8, 4) is 0 Å². The van der Waals surface area contributed by atoms with Crippen LogP contribution in [0, 0.1) is 11.3 Å². The molecule has 1 unspecified atom stereocenters. The van der Waals surface area contributed by atoms with E-state index in [1.54, 1.807) is 0 Å². The predicted octanol–water partition coefficient (Wildman–Crippen LogP) is 3.25. The van der Waals surface area contributed by atoms with Crippen LogP contribution in [0.4, 0.5) is 13.2 Å². The van der Waals surface area contributed by atoms with Crippen LogP contribution in [0.25, 0.3) is 0 Å². The monoisotopic (exact) mass is 229 g/mol. The number of nitrogens with two attached hydrogens (primary N) is 1. The third-order valence-electron chi connectivity index (χ3n) is 2.24. The van der Waals surface area contributed by atoms with Gasteiger partial charge in [0.2, 0.25) is 0 Å². The van der Waals surface area contributed by atoms with Gasteiger partial charge in [-0.25, -0.2) is 0 Å². The van der Waals surface area contributed by atoms with Gasteiger partial charge in [0.25, 0.3) is 0 Å². The minimum atomic E-state index is -4.11. The molecular weight excluding hydrogens is 211 g/mol. The molecule has 0 aromatic rings. The first kappa shape index (κ1) is 14.1. The zero-order valence-electron chi connectivity index (χ0n) is 8.82. The van der Waals surface area contributed by atoms with E-state index in [1.165, 1.54) is 0 Å². The lowest BCUT2D eigenvalue weighted by molar-refractivity contribution is -0.0329. The fraction of sp³-hybridized carbons (Fsp3) is 1.00. The highest BCUT2D eigenvalue weighted by Gasteiger charge is 2.29. The molecule has 14 heavy (non-hydrogen) atoms. The summed E-state index contributed by atoms with van der Waals surface area (Å²) < 4.78 is 35.5. The van der Waals surface area contributed by atoms with Crippen LogP contribution >= 0.6 is 11.8 Å². The van der Waals surface area contributed by atoms with Crippen molar-refractivity contribution in [3.05, 3.63) is 0 Å². The van der Waals surface area contributed by atoms with E-state index in [0.29, 0.717) is 13.0 Å². The Morgan fingerprint density at radius 1 is 1.21 bits per heavy atom. The zero-order chi connectivity index (χ0) is 11.4. The number of hydrogen-bond donors (Lipinski definition) is 1. The summed E-state index contributed by atoms with van der Waals surface area (Å²) in [4.78, 5) is 0. The van der Waals surface area contributed by atoms with E-state index < -0.39 is 5.51 Å². The van der Waals surface area contributed by atoms with E-state index in [0.717, 1.165) is 0 Å². The predicted molar refractivity (Wildman–Crippen MR) is 55.1 cm³/mol. The number of halogens is 3. The van der Waals surface area contributed by atoms with Gasteiger partial charge in [0.05, 0.1) is 0 Å². The topological polar surface area (TPSA) is 26.0 Å². The van der Waals surface area contributed by atoms with Gasteiger partial charge in [-0.2, -0.15) is 13.2 Å². The van der Waals surface area contributed by atoms with Crippen molar-refractivity contribution in [2.45, 2.75) is 32.7 Å². The van der Waals surface area contributed by atoms with Gasteiger partial charge in [-0.3, -0.25) is 0 Å². The molecule has 0 aromatic carbocycles. The Kier molecular flexibility index (Phi) is 5.30. The van der Waals surface area contributed by atoms with Gasteiger partial charge in [0.15, 0.2) is 0 Å². The normalized spacial score (nSPS) is 15.6. The molecule has 0 saturated heterocycles. The van der Waals surface area contributed by atoms with E-state index >= 15 is 0 Å². The summed E-state index contributed by atoms with van der Waals surface area (Å²) in [5.41, 5.74) is 1.39. The van der Waals surface area contributed by atoms with Crippen LogP contribution in [-0.2, 0) is 0 Å². The van der Waals surface area contributed by atoms with E-state index in [9.17, 15) is 13.2 Å².